The summed E-state index contributed by atoms with van der Waals surface area (Å²) in [5.41, 5.74) is 0.351. The Morgan fingerprint density at radius 2 is 1.15 bits per heavy atom. The third kappa shape index (κ3) is 16.1. The molecule has 1 aromatic carbocycles. The van der Waals surface area contributed by atoms with Gasteiger partial charge in [0.2, 0.25) is 0 Å². The highest BCUT2D eigenvalue weighted by Crippen LogP contribution is 2.16. The van der Waals surface area contributed by atoms with Crippen LogP contribution in [0.15, 0.2) is 24.3 Å². The highest BCUT2D eigenvalue weighted by molar-refractivity contribution is 5.96. The summed E-state index contributed by atoms with van der Waals surface area (Å²) in [5, 5.41) is 12.7. The Bertz CT molecular complexity index is 630. The molecule has 0 aliphatic heterocycles. The van der Waals surface area contributed by atoms with Crippen molar-refractivity contribution in [2.45, 2.75) is 116 Å². The number of hydrogen-bond acceptors (Lipinski definition) is 2. The zero-order chi connectivity index (χ0) is 24.9. The van der Waals surface area contributed by atoms with Crippen molar-refractivity contribution in [3.63, 3.8) is 0 Å². The number of para-hydroxylation sites is 1. The van der Waals surface area contributed by atoms with Crippen LogP contribution in [0.1, 0.15) is 126 Å². The minimum atomic E-state index is -0.193. The number of aromatic hydroxyl groups is 1. The molecule has 0 aromatic heterocycles. The molecule has 4 heteroatoms. The topological polar surface area (TPSA) is 49.3 Å². The normalized spacial score (nSPS) is 11.6. The van der Waals surface area contributed by atoms with E-state index >= 15 is 0 Å². The zero-order valence-corrected chi connectivity index (χ0v) is 22.8. The third-order valence-electron chi connectivity index (χ3n) is 6.99. The lowest BCUT2D eigenvalue weighted by Crippen LogP contribution is -2.42. The summed E-state index contributed by atoms with van der Waals surface area (Å²) >= 11 is 0. The van der Waals surface area contributed by atoms with Crippen LogP contribution in [0.4, 0.5) is 0 Å². The number of unbranched alkanes of at least 4 members (excludes halogenated alkanes) is 15. The number of nitrogens with zero attached hydrogens (tertiary/aromatic N) is 1. The highest BCUT2D eigenvalue weighted by atomic mass is 16.3. The SMILES string of the molecule is CCCCCCCCCCCCCCCCCC[N+](C)(C)CCCNC(=O)c1ccccc1O. The molecule has 0 saturated carbocycles. The third-order valence-corrected chi connectivity index (χ3v) is 6.99. The molecule has 4 nitrogen and oxygen atoms in total. The molecule has 1 rings (SSSR count). The number of benzene rings is 1. The Kier molecular flexibility index (Phi) is 17.7. The van der Waals surface area contributed by atoms with Crippen molar-refractivity contribution in [2.75, 3.05) is 33.7 Å². The van der Waals surface area contributed by atoms with Gasteiger partial charge in [-0.05, 0) is 25.0 Å². The highest BCUT2D eigenvalue weighted by Gasteiger charge is 2.15. The first-order valence-electron chi connectivity index (χ1n) is 14.3. The van der Waals surface area contributed by atoms with Gasteiger partial charge in [-0.2, -0.15) is 0 Å². The van der Waals surface area contributed by atoms with Gasteiger partial charge in [0.15, 0.2) is 0 Å². The van der Waals surface area contributed by atoms with Gasteiger partial charge in [0.05, 0.1) is 32.7 Å². The number of rotatable bonds is 22. The number of hydrogen-bond donors (Lipinski definition) is 2. The summed E-state index contributed by atoms with van der Waals surface area (Å²) in [6.07, 6.45) is 23.5. The molecule has 1 amide bonds. The van der Waals surface area contributed by atoms with Gasteiger partial charge >= 0.3 is 0 Å². The maximum absolute atomic E-state index is 12.2. The van der Waals surface area contributed by atoms with Crippen LogP contribution < -0.4 is 5.32 Å². The zero-order valence-electron chi connectivity index (χ0n) is 22.8. The van der Waals surface area contributed by atoms with Gasteiger partial charge < -0.3 is 14.9 Å². The molecule has 0 aliphatic rings. The number of amides is 1. The lowest BCUT2D eigenvalue weighted by Gasteiger charge is -2.30. The van der Waals surface area contributed by atoms with Crippen LogP contribution in [0.3, 0.4) is 0 Å². The van der Waals surface area contributed by atoms with Crippen LogP contribution in [0.5, 0.6) is 5.75 Å². The Morgan fingerprint density at radius 1 is 0.706 bits per heavy atom. The van der Waals surface area contributed by atoms with Gasteiger partial charge in [0.25, 0.3) is 5.91 Å². The van der Waals surface area contributed by atoms with Crippen molar-refractivity contribution in [2.24, 2.45) is 0 Å². The van der Waals surface area contributed by atoms with Gasteiger partial charge in [0.1, 0.15) is 5.75 Å². The summed E-state index contributed by atoms with van der Waals surface area (Å²) in [4.78, 5) is 12.2. The van der Waals surface area contributed by atoms with Crippen LogP contribution in [-0.2, 0) is 0 Å². The van der Waals surface area contributed by atoms with E-state index in [-0.39, 0.29) is 11.7 Å². The molecule has 0 bridgehead atoms. The Balaban J connectivity index is 1.90. The number of carbonyl (C=O) groups excluding carboxylic acids is 1. The number of phenols is 1. The first-order chi connectivity index (χ1) is 16.5. The quantitative estimate of drug-likeness (QED) is 0.132. The van der Waals surface area contributed by atoms with E-state index in [0.29, 0.717) is 12.1 Å². The fraction of sp³-hybridized carbons (Fsp3) is 0.767. The van der Waals surface area contributed by atoms with E-state index in [9.17, 15) is 9.90 Å². The van der Waals surface area contributed by atoms with Crippen LogP contribution >= 0.6 is 0 Å². The van der Waals surface area contributed by atoms with E-state index in [4.69, 9.17) is 0 Å². The molecule has 0 atom stereocenters. The van der Waals surface area contributed by atoms with Crippen molar-refractivity contribution in [1.82, 2.24) is 5.32 Å². The standard InChI is InChI=1S/C30H54N2O2/c1-4-5-6-7-8-9-10-11-12-13-14-15-16-17-18-21-26-32(2,3)27-22-25-31-30(34)28-23-19-20-24-29(28)33/h19-20,23-24H,4-18,21-22,25-27H2,1-3H3,(H-,31,33,34)/p+1. The molecule has 1 aromatic rings. The van der Waals surface area contributed by atoms with Gasteiger partial charge in [-0.25, -0.2) is 0 Å². The summed E-state index contributed by atoms with van der Waals surface area (Å²) < 4.78 is 1.01. The van der Waals surface area contributed by atoms with Gasteiger partial charge in [-0.3, -0.25) is 4.79 Å². The Morgan fingerprint density at radius 3 is 1.65 bits per heavy atom. The first-order valence-corrected chi connectivity index (χ1v) is 14.3. The lowest BCUT2D eigenvalue weighted by atomic mass is 10.0. The Hall–Kier alpha value is -1.55. The predicted molar refractivity (Wildman–Crippen MR) is 146 cm³/mol. The molecule has 0 spiro atoms. The van der Waals surface area contributed by atoms with Crippen molar-refractivity contribution in [3.05, 3.63) is 29.8 Å². The van der Waals surface area contributed by atoms with Gasteiger partial charge in [0, 0.05) is 13.0 Å². The van der Waals surface area contributed by atoms with Crippen molar-refractivity contribution in [3.8, 4) is 5.75 Å². The minimum Gasteiger partial charge on any atom is -0.507 e. The lowest BCUT2D eigenvalue weighted by molar-refractivity contribution is -0.890. The monoisotopic (exact) mass is 475 g/mol. The number of quaternary nitrogens is 1. The average Bonchev–Trinajstić information content (AvgIpc) is 2.81. The fourth-order valence-electron chi connectivity index (χ4n) is 4.67. The molecular weight excluding hydrogens is 420 g/mol. The molecular formula is C30H55N2O2+. The smallest absolute Gasteiger partial charge is 0.255 e. The second-order valence-electron chi connectivity index (χ2n) is 10.8. The number of nitrogens with one attached hydrogen (secondary N) is 1. The van der Waals surface area contributed by atoms with E-state index in [1.807, 2.05) is 0 Å². The maximum Gasteiger partial charge on any atom is 0.255 e. The molecule has 2 N–H and O–H groups in total. The molecule has 0 saturated heterocycles. The maximum atomic E-state index is 12.2. The van der Waals surface area contributed by atoms with Crippen LogP contribution in [0.25, 0.3) is 0 Å². The number of carbonyl (C=O) groups is 1. The molecule has 0 unspecified atom stereocenters. The minimum absolute atomic E-state index is 0.0413. The predicted octanol–water partition coefficient (Wildman–Crippen LogP) is 7.85. The van der Waals surface area contributed by atoms with Crippen LogP contribution in [0.2, 0.25) is 0 Å². The Labute approximate surface area is 211 Å². The first kappa shape index (κ1) is 30.5. The van der Waals surface area contributed by atoms with Crippen LogP contribution in [-0.4, -0.2) is 49.2 Å². The molecule has 0 aliphatic carbocycles. The van der Waals surface area contributed by atoms with Crippen molar-refractivity contribution >= 4 is 5.91 Å². The summed E-state index contributed by atoms with van der Waals surface area (Å²) in [6.45, 7) is 5.19. The number of phenolic OH excluding ortho intramolecular Hbond substituents is 1. The molecule has 196 valence electrons. The van der Waals surface area contributed by atoms with Gasteiger partial charge in [-0.1, -0.05) is 109 Å². The van der Waals surface area contributed by atoms with Crippen LogP contribution in [0, 0.1) is 0 Å². The van der Waals surface area contributed by atoms with E-state index < -0.39 is 0 Å². The average molecular weight is 476 g/mol. The molecule has 0 radical (unpaired) electrons. The van der Waals surface area contributed by atoms with E-state index in [0.717, 1.165) is 17.4 Å². The summed E-state index contributed by atoms with van der Waals surface area (Å²) in [5.74, 6) is -0.152. The second-order valence-corrected chi connectivity index (χ2v) is 10.8. The summed E-state index contributed by atoms with van der Waals surface area (Å²) in [6, 6.07) is 6.70. The summed E-state index contributed by atoms with van der Waals surface area (Å²) in [7, 11) is 4.58. The van der Waals surface area contributed by atoms with Crippen molar-refractivity contribution < 1.29 is 14.4 Å². The van der Waals surface area contributed by atoms with E-state index in [2.05, 4.69) is 26.3 Å². The van der Waals surface area contributed by atoms with E-state index in [1.165, 1.54) is 109 Å². The van der Waals surface area contributed by atoms with Crippen molar-refractivity contribution in [1.29, 1.82) is 0 Å². The molecule has 34 heavy (non-hydrogen) atoms. The largest absolute Gasteiger partial charge is 0.507 e. The second kappa shape index (κ2) is 19.7. The molecule has 0 heterocycles. The fourth-order valence-corrected chi connectivity index (χ4v) is 4.67. The van der Waals surface area contributed by atoms with Gasteiger partial charge in [-0.15, -0.1) is 0 Å². The molecule has 0 fully saturated rings. The van der Waals surface area contributed by atoms with E-state index in [1.54, 1.807) is 24.3 Å².